The second-order valence-electron chi connectivity index (χ2n) is 4.60. The van der Waals surface area contributed by atoms with Crippen molar-refractivity contribution in [2.45, 2.75) is 12.8 Å². The van der Waals surface area contributed by atoms with Crippen LogP contribution in [0.3, 0.4) is 0 Å². The number of hydrogen-bond acceptors (Lipinski definition) is 2. The Bertz CT molecular complexity index is 495. The summed E-state index contributed by atoms with van der Waals surface area (Å²) in [5.41, 5.74) is 5.66. The maximum atomic E-state index is 13.5. The summed E-state index contributed by atoms with van der Waals surface area (Å²) in [7, 11) is 0. The van der Waals surface area contributed by atoms with Crippen LogP contribution in [0.25, 0.3) is 0 Å². The van der Waals surface area contributed by atoms with Gasteiger partial charge in [0.05, 0.1) is 11.6 Å². The lowest BCUT2D eigenvalue weighted by Gasteiger charge is -2.33. The van der Waals surface area contributed by atoms with E-state index >= 15 is 0 Å². The van der Waals surface area contributed by atoms with Crippen LogP contribution in [0.5, 0.6) is 0 Å². The number of carbonyl (C=O) groups excluding carboxylic acids is 1. The molecule has 1 atom stereocenters. The Labute approximate surface area is 116 Å². The predicted octanol–water partition coefficient (Wildman–Crippen LogP) is 1.72. The van der Waals surface area contributed by atoms with Gasteiger partial charge >= 0.3 is 0 Å². The normalized spacial score (nSPS) is 19.0. The van der Waals surface area contributed by atoms with E-state index in [4.69, 9.17) is 18.0 Å². The second kappa shape index (κ2) is 5.97. The van der Waals surface area contributed by atoms with Crippen LogP contribution in [0, 0.1) is 11.7 Å². The lowest BCUT2D eigenvalue weighted by atomic mass is 9.98. The summed E-state index contributed by atoms with van der Waals surface area (Å²) >= 11 is 5.25. The van der Waals surface area contributed by atoms with Crippen LogP contribution in [0.1, 0.15) is 12.8 Å². The molecule has 102 valence electrons. The average molecular weight is 281 g/mol. The number of likely N-dealkylation sites (tertiary alicyclic amines) is 1. The molecular weight excluding hydrogens is 265 g/mol. The van der Waals surface area contributed by atoms with E-state index in [0.717, 1.165) is 19.4 Å². The van der Waals surface area contributed by atoms with Gasteiger partial charge in [0, 0.05) is 13.1 Å². The zero-order valence-electron chi connectivity index (χ0n) is 10.4. The number of halogens is 1. The number of benzene rings is 1. The predicted molar refractivity (Wildman–Crippen MR) is 76.1 cm³/mol. The van der Waals surface area contributed by atoms with Crippen LogP contribution in [-0.2, 0) is 4.79 Å². The maximum Gasteiger partial charge on any atom is 0.222 e. The Morgan fingerprint density at radius 3 is 2.89 bits per heavy atom. The summed E-state index contributed by atoms with van der Waals surface area (Å²) in [4.78, 5) is 13.1. The number of anilines is 1. The molecule has 6 heteroatoms. The van der Waals surface area contributed by atoms with E-state index in [2.05, 4.69) is 5.32 Å². The fourth-order valence-electron chi connectivity index (χ4n) is 2.15. The Morgan fingerprint density at radius 1 is 1.47 bits per heavy atom. The molecule has 19 heavy (non-hydrogen) atoms. The molecule has 1 heterocycles. The number of piperidine rings is 1. The van der Waals surface area contributed by atoms with E-state index < -0.39 is 0 Å². The molecule has 4 nitrogen and oxygen atoms in total. The topological polar surface area (TPSA) is 58.4 Å². The van der Waals surface area contributed by atoms with Gasteiger partial charge < -0.3 is 16.0 Å². The molecule has 1 aromatic rings. The highest BCUT2D eigenvalue weighted by molar-refractivity contribution is 7.80. The molecule has 0 spiro atoms. The van der Waals surface area contributed by atoms with Gasteiger partial charge in [-0.05, 0) is 37.2 Å². The lowest BCUT2D eigenvalue weighted by molar-refractivity contribution is -0.122. The number of hydrogen-bond donors (Lipinski definition) is 2. The summed E-state index contributed by atoms with van der Waals surface area (Å²) in [6, 6.07) is 6.34. The molecule has 1 aliphatic rings. The third kappa shape index (κ3) is 3.41. The Balaban J connectivity index is 2.00. The highest BCUT2D eigenvalue weighted by Gasteiger charge is 2.25. The quantitative estimate of drug-likeness (QED) is 0.810. The second-order valence-corrected chi connectivity index (χ2v) is 4.98. The number of nitrogens with zero attached hydrogens (tertiary/aromatic N) is 1. The third-order valence-electron chi connectivity index (χ3n) is 3.23. The van der Waals surface area contributed by atoms with Gasteiger partial charge in [0.15, 0.2) is 5.11 Å². The number of amides is 1. The van der Waals surface area contributed by atoms with Crippen molar-refractivity contribution < 1.29 is 9.18 Å². The van der Waals surface area contributed by atoms with Crippen molar-refractivity contribution in [2.75, 3.05) is 18.4 Å². The lowest BCUT2D eigenvalue weighted by Crippen LogP contribution is -2.45. The Hall–Kier alpha value is -1.69. The number of thiocarbonyl (C=S) groups is 1. The van der Waals surface area contributed by atoms with Gasteiger partial charge in [-0.2, -0.15) is 0 Å². The molecule has 0 bridgehead atoms. The number of nitrogens with two attached hydrogens (primary N) is 1. The van der Waals surface area contributed by atoms with Crippen LogP contribution in [0.15, 0.2) is 24.3 Å². The first kappa shape index (κ1) is 13.7. The monoisotopic (exact) mass is 281 g/mol. The average Bonchev–Trinajstić information content (AvgIpc) is 2.41. The minimum atomic E-state index is -0.353. The molecule has 1 unspecified atom stereocenters. The molecule has 1 amide bonds. The van der Waals surface area contributed by atoms with E-state index in [9.17, 15) is 9.18 Å². The molecule has 2 rings (SSSR count). The summed E-state index contributed by atoms with van der Waals surface area (Å²) in [6.45, 7) is 1.25. The van der Waals surface area contributed by atoms with Gasteiger partial charge in [-0.15, -0.1) is 0 Å². The van der Waals surface area contributed by atoms with E-state index in [1.54, 1.807) is 18.2 Å². The van der Waals surface area contributed by atoms with Crippen molar-refractivity contribution in [1.82, 2.24) is 4.90 Å². The van der Waals surface area contributed by atoms with Crippen LogP contribution < -0.4 is 11.1 Å². The van der Waals surface area contributed by atoms with Crippen molar-refractivity contribution in [2.24, 2.45) is 11.7 Å². The Kier molecular flexibility index (Phi) is 4.31. The third-order valence-corrected chi connectivity index (χ3v) is 3.59. The first-order chi connectivity index (χ1) is 9.08. The van der Waals surface area contributed by atoms with Crippen molar-refractivity contribution in [3.63, 3.8) is 0 Å². The molecular formula is C13H16FN3OS. The number of carbonyl (C=O) groups is 1. The van der Waals surface area contributed by atoms with Gasteiger partial charge in [0.2, 0.25) is 5.91 Å². The first-order valence-corrected chi connectivity index (χ1v) is 6.58. The summed E-state index contributed by atoms with van der Waals surface area (Å²) in [6.07, 6.45) is 1.64. The highest BCUT2D eigenvalue weighted by Crippen LogP contribution is 2.18. The number of primary amides is 1. The van der Waals surface area contributed by atoms with Crippen LogP contribution in [0.2, 0.25) is 0 Å². The van der Waals surface area contributed by atoms with Crippen molar-refractivity contribution in [1.29, 1.82) is 0 Å². The van der Waals surface area contributed by atoms with Gasteiger partial charge in [0.25, 0.3) is 0 Å². The Morgan fingerprint density at radius 2 is 2.21 bits per heavy atom. The van der Waals surface area contributed by atoms with Gasteiger partial charge in [-0.3, -0.25) is 4.79 Å². The zero-order chi connectivity index (χ0) is 13.8. The fraction of sp³-hybridized carbons (Fsp3) is 0.385. The smallest absolute Gasteiger partial charge is 0.222 e. The zero-order valence-corrected chi connectivity index (χ0v) is 11.3. The molecule has 0 saturated carbocycles. The molecule has 1 aromatic carbocycles. The number of para-hydroxylation sites is 1. The summed E-state index contributed by atoms with van der Waals surface area (Å²) in [5, 5.41) is 3.30. The van der Waals surface area contributed by atoms with E-state index in [1.165, 1.54) is 6.07 Å². The van der Waals surface area contributed by atoms with E-state index in [1.807, 2.05) is 4.90 Å². The summed E-state index contributed by atoms with van der Waals surface area (Å²) in [5.74, 6) is -0.846. The van der Waals surface area contributed by atoms with Crippen molar-refractivity contribution in [3.8, 4) is 0 Å². The minimum absolute atomic E-state index is 0.186. The van der Waals surface area contributed by atoms with Crippen LogP contribution in [0.4, 0.5) is 10.1 Å². The fourth-order valence-corrected chi connectivity index (χ4v) is 2.43. The van der Waals surface area contributed by atoms with E-state index in [0.29, 0.717) is 17.3 Å². The van der Waals surface area contributed by atoms with Gasteiger partial charge in [0.1, 0.15) is 5.82 Å². The highest BCUT2D eigenvalue weighted by atomic mass is 32.1. The standard InChI is InChI=1S/C13H16FN3OS/c14-10-5-1-2-6-11(10)16-13(19)17-7-3-4-9(8-17)12(15)18/h1-2,5-6,9H,3-4,7-8H2,(H2,15,18)(H,16,19). The van der Waals surface area contributed by atoms with Crippen molar-refractivity contribution in [3.05, 3.63) is 30.1 Å². The van der Waals surface area contributed by atoms with Crippen LogP contribution >= 0.6 is 12.2 Å². The first-order valence-electron chi connectivity index (χ1n) is 6.17. The van der Waals surface area contributed by atoms with E-state index in [-0.39, 0.29) is 17.6 Å². The SMILES string of the molecule is NC(=O)C1CCCN(C(=S)Nc2ccccc2F)C1. The minimum Gasteiger partial charge on any atom is -0.369 e. The maximum absolute atomic E-state index is 13.5. The molecule has 3 N–H and O–H groups in total. The summed E-state index contributed by atoms with van der Waals surface area (Å²) < 4.78 is 13.5. The largest absolute Gasteiger partial charge is 0.369 e. The molecule has 0 aliphatic carbocycles. The molecule has 0 radical (unpaired) electrons. The van der Waals surface area contributed by atoms with Gasteiger partial charge in [-0.25, -0.2) is 4.39 Å². The van der Waals surface area contributed by atoms with Gasteiger partial charge in [-0.1, -0.05) is 12.1 Å². The van der Waals surface area contributed by atoms with Crippen molar-refractivity contribution >= 4 is 28.9 Å². The number of nitrogens with one attached hydrogen (secondary N) is 1. The molecule has 1 saturated heterocycles. The van der Waals surface area contributed by atoms with Crippen LogP contribution in [-0.4, -0.2) is 29.0 Å². The molecule has 1 aliphatic heterocycles. The molecule has 0 aromatic heterocycles. The molecule has 1 fully saturated rings. The number of rotatable bonds is 2.